The zero-order valence-corrected chi connectivity index (χ0v) is 17.1. The molecule has 0 heterocycles. The Balaban J connectivity index is 3.43. The molecule has 0 spiro atoms. The van der Waals surface area contributed by atoms with Crippen molar-refractivity contribution in [1.29, 1.82) is 0 Å². The van der Waals surface area contributed by atoms with Crippen LogP contribution in [-0.2, 0) is 10.1 Å². The zero-order valence-electron chi connectivity index (χ0n) is 16.3. The first-order chi connectivity index (χ1) is 11.4. The molecule has 1 atom stereocenters. The second kappa shape index (κ2) is 15.2. The van der Waals surface area contributed by atoms with Gasteiger partial charge in [-0.2, -0.15) is 8.42 Å². The molecule has 0 radical (unpaired) electrons. The third-order valence-electron chi connectivity index (χ3n) is 4.77. The highest BCUT2D eigenvalue weighted by atomic mass is 32.2. The Morgan fingerprint density at radius 1 is 0.750 bits per heavy atom. The summed E-state index contributed by atoms with van der Waals surface area (Å²) in [6, 6.07) is -0.0762. The van der Waals surface area contributed by atoms with Crippen LogP contribution in [0.25, 0.3) is 0 Å². The summed E-state index contributed by atoms with van der Waals surface area (Å²) in [7, 11) is -0.132. The highest BCUT2D eigenvalue weighted by Crippen LogP contribution is 2.14. The number of hydrogen-bond acceptors (Lipinski definition) is 3. The minimum atomic E-state index is -3.88. The zero-order chi connectivity index (χ0) is 18.3. The molecule has 146 valence electrons. The van der Waals surface area contributed by atoms with E-state index in [4.69, 9.17) is 4.55 Å². The highest BCUT2D eigenvalue weighted by Gasteiger charge is 2.18. The predicted molar refractivity (Wildman–Crippen MR) is 104 cm³/mol. The maximum absolute atomic E-state index is 11.0. The van der Waals surface area contributed by atoms with Crippen LogP contribution in [0.15, 0.2) is 0 Å². The molecule has 0 fully saturated rings. The number of hydrogen-bond donors (Lipinski definition) is 1. The maximum atomic E-state index is 11.0. The van der Waals surface area contributed by atoms with Crippen molar-refractivity contribution in [2.24, 2.45) is 0 Å². The average Bonchev–Trinajstić information content (AvgIpc) is 2.49. The maximum Gasteiger partial charge on any atom is 0.266 e. The standard InChI is InChI=1S/C19H41NO3S/c1-4-5-6-7-8-9-10-11-12-13-14-15-16-17-19(20(2)3)18-24(21,22)23/h19H,4-18H2,1-3H3,(H,21,22,23). The van der Waals surface area contributed by atoms with E-state index in [0.29, 0.717) is 0 Å². The van der Waals surface area contributed by atoms with Crippen molar-refractivity contribution in [2.45, 2.75) is 103 Å². The summed E-state index contributed by atoms with van der Waals surface area (Å²) in [4.78, 5) is 1.90. The summed E-state index contributed by atoms with van der Waals surface area (Å²) in [6.45, 7) is 2.26. The van der Waals surface area contributed by atoms with Gasteiger partial charge in [0, 0.05) is 6.04 Å². The smallest absolute Gasteiger partial charge is 0.266 e. The first-order valence-electron chi connectivity index (χ1n) is 9.98. The Bertz CT molecular complexity index is 369. The molecule has 5 heteroatoms. The lowest BCUT2D eigenvalue weighted by atomic mass is 10.0. The number of rotatable bonds is 17. The molecule has 1 N–H and O–H groups in total. The summed E-state index contributed by atoms with van der Waals surface area (Å²) in [5.74, 6) is -0.155. The van der Waals surface area contributed by atoms with Crippen molar-refractivity contribution in [2.75, 3.05) is 19.8 Å². The van der Waals surface area contributed by atoms with Crippen LogP contribution >= 0.6 is 0 Å². The van der Waals surface area contributed by atoms with E-state index >= 15 is 0 Å². The third-order valence-corrected chi connectivity index (χ3v) is 5.58. The second-order valence-electron chi connectivity index (χ2n) is 7.40. The Morgan fingerprint density at radius 2 is 1.12 bits per heavy atom. The molecule has 0 saturated heterocycles. The molecule has 0 bridgehead atoms. The predicted octanol–water partition coefficient (Wildman–Crippen LogP) is 5.29. The molecule has 24 heavy (non-hydrogen) atoms. The van der Waals surface area contributed by atoms with Gasteiger partial charge in [-0.1, -0.05) is 90.4 Å². The lowest BCUT2D eigenvalue weighted by Gasteiger charge is -2.22. The van der Waals surface area contributed by atoms with Gasteiger partial charge in [0.2, 0.25) is 0 Å². The van der Waals surface area contributed by atoms with Crippen molar-refractivity contribution >= 4 is 10.1 Å². The Hall–Kier alpha value is -0.130. The first-order valence-corrected chi connectivity index (χ1v) is 11.6. The monoisotopic (exact) mass is 363 g/mol. The molecule has 0 aromatic carbocycles. The van der Waals surface area contributed by atoms with Gasteiger partial charge < -0.3 is 4.90 Å². The van der Waals surface area contributed by atoms with Crippen LogP contribution in [0.4, 0.5) is 0 Å². The lowest BCUT2D eigenvalue weighted by molar-refractivity contribution is 0.288. The van der Waals surface area contributed by atoms with Crippen LogP contribution in [-0.4, -0.2) is 43.8 Å². The minimum Gasteiger partial charge on any atom is -0.305 e. The molecule has 1 unspecified atom stereocenters. The van der Waals surface area contributed by atoms with Gasteiger partial charge in [-0.25, -0.2) is 0 Å². The summed E-state index contributed by atoms with van der Waals surface area (Å²) in [5.41, 5.74) is 0. The highest BCUT2D eigenvalue weighted by molar-refractivity contribution is 7.85. The number of nitrogens with zero attached hydrogens (tertiary/aromatic N) is 1. The van der Waals surface area contributed by atoms with Crippen LogP contribution in [0.3, 0.4) is 0 Å². The molecular weight excluding hydrogens is 322 g/mol. The molecule has 0 rings (SSSR count). The topological polar surface area (TPSA) is 57.6 Å². The van der Waals surface area contributed by atoms with Gasteiger partial charge in [-0.05, 0) is 20.5 Å². The van der Waals surface area contributed by atoms with Gasteiger partial charge >= 0.3 is 0 Å². The third kappa shape index (κ3) is 16.7. The van der Waals surface area contributed by atoms with Gasteiger partial charge in [0.15, 0.2) is 0 Å². The summed E-state index contributed by atoms with van der Waals surface area (Å²) in [6.07, 6.45) is 18.0. The molecule has 0 saturated carbocycles. The van der Waals surface area contributed by atoms with E-state index < -0.39 is 10.1 Å². The molecule has 0 aliphatic carbocycles. The fraction of sp³-hybridized carbons (Fsp3) is 1.00. The summed E-state index contributed by atoms with van der Waals surface area (Å²) >= 11 is 0. The van der Waals surface area contributed by atoms with Crippen molar-refractivity contribution in [3.63, 3.8) is 0 Å². The Kier molecular flexibility index (Phi) is 15.1. The van der Waals surface area contributed by atoms with Crippen LogP contribution in [0.2, 0.25) is 0 Å². The Morgan fingerprint density at radius 3 is 1.46 bits per heavy atom. The molecule has 0 amide bonds. The molecule has 0 aliphatic heterocycles. The van der Waals surface area contributed by atoms with Gasteiger partial charge in [0.05, 0.1) is 5.75 Å². The van der Waals surface area contributed by atoms with Crippen molar-refractivity contribution < 1.29 is 13.0 Å². The number of unbranched alkanes of at least 4 members (excludes halogenated alkanes) is 12. The minimum absolute atomic E-state index is 0.0762. The Labute approximate surface area is 151 Å². The fourth-order valence-electron chi connectivity index (χ4n) is 3.13. The van der Waals surface area contributed by atoms with Crippen LogP contribution < -0.4 is 0 Å². The molecule has 4 nitrogen and oxygen atoms in total. The fourth-order valence-corrected chi connectivity index (χ4v) is 4.08. The van der Waals surface area contributed by atoms with E-state index in [1.165, 1.54) is 70.6 Å². The summed E-state index contributed by atoms with van der Waals surface area (Å²) < 4.78 is 31.0. The van der Waals surface area contributed by atoms with Gasteiger partial charge in [0.25, 0.3) is 10.1 Å². The van der Waals surface area contributed by atoms with E-state index in [0.717, 1.165) is 19.3 Å². The van der Waals surface area contributed by atoms with Gasteiger partial charge in [-0.15, -0.1) is 0 Å². The van der Waals surface area contributed by atoms with Crippen LogP contribution in [0, 0.1) is 0 Å². The quantitative estimate of drug-likeness (QED) is 0.282. The molecule has 0 aliphatic rings. The van der Waals surface area contributed by atoms with E-state index in [2.05, 4.69) is 6.92 Å². The van der Waals surface area contributed by atoms with Crippen molar-refractivity contribution in [3.05, 3.63) is 0 Å². The van der Waals surface area contributed by atoms with E-state index in [1.54, 1.807) is 0 Å². The van der Waals surface area contributed by atoms with E-state index in [9.17, 15) is 8.42 Å². The van der Waals surface area contributed by atoms with Gasteiger partial charge in [0.1, 0.15) is 0 Å². The molecular formula is C19H41NO3S. The molecule has 0 aromatic heterocycles. The SMILES string of the molecule is CCCCCCCCCCCCCCCC(CS(=O)(=O)O)N(C)C. The first kappa shape index (κ1) is 23.9. The van der Waals surface area contributed by atoms with Crippen LogP contribution in [0.1, 0.15) is 96.8 Å². The largest absolute Gasteiger partial charge is 0.305 e. The van der Waals surface area contributed by atoms with Crippen molar-refractivity contribution in [3.8, 4) is 0 Å². The normalized spacial score (nSPS) is 13.5. The lowest BCUT2D eigenvalue weighted by Crippen LogP contribution is -2.34. The van der Waals surface area contributed by atoms with Crippen molar-refractivity contribution in [1.82, 2.24) is 4.90 Å². The summed E-state index contributed by atoms with van der Waals surface area (Å²) in [5, 5.41) is 0. The van der Waals surface area contributed by atoms with Gasteiger partial charge in [-0.3, -0.25) is 4.55 Å². The second-order valence-corrected chi connectivity index (χ2v) is 8.89. The van der Waals surface area contributed by atoms with Crippen LogP contribution in [0.5, 0.6) is 0 Å². The van der Waals surface area contributed by atoms with E-state index in [1.807, 2.05) is 19.0 Å². The molecule has 0 aromatic rings. The van der Waals surface area contributed by atoms with E-state index in [-0.39, 0.29) is 11.8 Å². The average molecular weight is 364 g/mol.